The summed E-state index contributed by atoms with van der Waals surface area (Å²) >= 11 is 0. The van der Waals surface area contributed by atoms with Crippen molar-refractivity contribution in [3.05, 3.63) is 11.6 Å². The monoisotopic (exact) mass is 306 g/mol. The quantitative estimate of drug-likeness (QED) is 0.399. The molecule has 0 saturated heterocycles. The molecular formula is C19H30O3. The van der Waals surface area contributed by atoms with Crippen LogP contribution in [0, 0.1) is 29.1 Å². The largest absolute Gasteiger partial charge is 0.435 e. The Labute approximate surface area is 134 Å². The van der Waals surface area contributed by atoms with Crippen LogP contribution in [0.15, 0.2) is 11.6 Å². The minimum atomic E-state index is -0.403. The van der Waals surface area contributed by atoms with Gasteiger partial charge in [0.1, 0.15) is 0 Å². The maximum atomic E-state index is 12.0. The number of hydrogen-bond acceptors (Lipinski definition) is 3. The van der Waals surface area contributed by atoms with Crippen LogP contribution in [-0.4, -0.2) is 18.9 Å². The molecule has 4 atom stereocenters. The summed E-state index contributed by atoms with van der Waals surface area (Å²) in [4.78, 5) is 12.0. The smallest absolute Gasteiger partial charge is 0.310 e. The van der Waals surface area contributed by atoms with Crippen LogP contribution in [0.3, 0.4) is 0 Å². The molecule has 0 aromatic heterocycles. The first-order valence-electron chi connectivity index (χ1n) is 8.96. The number of allylic oxidation sites excluding steroid dienone is 2. The number of carbonyl (C=O) groups excluding carboxylic acids is 1. The molecule has 4 bridgehead atoms. The van der Waals surface area contributed by atoms with Gasteiger partial charge in [-0.1, -0.05) is 39.3 Å². The highest BCUT2D eigenvalue weighted by atomic mass is 16.7. The van der Waals surface area contributed by atoms with Gasteiger partial charge in [0.05, 0.1) is 12.5 Å². The standard InChI is InChI=1S/C19H30O3/c1-5-13(4)17(20)22-18(12(2)3)21-11-19-7-6-16-14(9-19)8-15(16)10-19/h6,12-15,18H,5,7-11H2,1-4H3. The van der Waals surface area contributed by atoms with Gasteiger partial charge < -0.3 is 9.47 Å². The molecule has 3 fully saturated rings. The Morgan fingerprint density at radius 2 is 2.00 bits per heavy atom. The third-order valence-electron chi connectivity index (χ3n) is 5.99. The van der Waals surface area contributed by atoms with Gasteiger partial charge in [-0.05, 0) is 49.4 Å². The van der Waals surface area contributed by atoms with E-state index in [1.165, 1.54) is 19.3 Å². The fraction of sp³-hybridized carbons (Fsp3) is 0.842. The predicted molar refractivity (Wildman–Crippen MR) is 86.1 cm³/mol. The van der Waals surface area contributed by atoms with Gasteiger partial charge in [0, 0.05) is 5.92 Å². The van der Waals surface area contributed by atoms with E-state index in [1.807, 2.05) is 13.8 Å². The molecular weight excluding hydrogens is 276 g/mol. The molecule has 3 saturated carbocycles. The average molecular weight is 306 g/mol. The highest BCUT2D eigenvalue weighted by molar-refractivity contribution is 5.72. The van der Waals surface area contributed by atoms with Gasteiger partial charge in [-0.15, -0.1) is 0 Å². The maximum absolute atomic E-state index is 12.0. The number of hydrogen-bond donors (Lipinski definition) is 0. The zero-order valence-electron chi connectivity index (χ0n) is 14.4. The van der Waals surface area contributed by atoms with Gasteiger partial charge in [0.15, 0.2) is 0 Å². The van der Waals surface area contributed by atoms with Crippen molar-refractivity contribution in [2.24, 2.45) is 29.1 Å². The Hall–Kier alpha value is -0.830. The molecule has 0 aromatic rings. The van der Waals surface area contributed by atoms with E-state index in [4.69, 9.17) is 9.47 Å². The summed E-state index contributed by atoms with van der Waals surface area (Å²) in [6, 6.07) is 0. The van der Waals surface area contributed by atoms with Gasteiger partial charge in [-0.2, -0.15) is 0 Å². The van der Waals surface area contributed by atoms with Crippen molar-refractivity contribution in [2.45, 2.75) is 66.1 Å². The number of ether oxygens (including phenoxy) is 2. The molecule has 0 N–H and O–H groups in total. The van der Waals surface area contributed by atoms with Crippen LogP contribution in [0.5, 0.6) is 0 Å². The zero-order valence-corrected chi connectivity index (χ0v) is 14.4. The summed E-state index contributed by atoms with van der Waals surface area (Å²) in [7, 11) is 0. The molecule has 0 aliphatic heterocycles. The minimum absolute atomic E-state index is 0.0505. The number of fused-ring (bicyclic) bond motifs is 1. The van der Waals surface area contributed by atoms with Gasteiger partial charge in [0.25, 0.3) is 0 Å². The SMILES string of the molecule is CCC(C)C(=O)OC(OCC12CC=C3C(CC3C1)C2)C(C)C. The van der Waals surface area contributed by atoms with Crippen LogP contribution in [0.2, 0.25) is 0 Å². The van der Waals surface area contributed by atoms with E-state index in [0.29, 0.717) is 5.41 Å². The lowest BCUT2D eigenvalue weighted by Crippen LogP contribution is -2.49. The Balaban J connectivity index is 1.56. The molecule has 0 radical (unpaired) electrons. The van der Waals surface area contributed by atoms with E-state index in [2.05, 4.69) is 19.9 Å². The van der Waals surface area contributed by atoms with Crippen molar-refractivity contribution in [3.8, 4) is 0 Å². The lowest BCUT2D eigenvalue weighted by atomic mass is 9.48. The van der Waals surface area contributed by atoms with Crippen molar-refractivity contribution in [2.75, 3.05) is 6.61 Å². The van der Waals surface area contributed by atoms with E-state index in [1.54, 1.807) is 5.57 Å². The Morgan fingerprint density at radius 3 is 2.55 bits per heavy atom. The second kappa shape index (κ2) is 5.99. The molecule has 0 spiro atoms. The normalized spacial score (nSPS) is 34.9. The summed E-state index contributed by atoms with van der Waals surface area (Å²) in [5.41, 5.74) is 2.04. The van der Waals surface area contributed by atoms with Gasteiger partial charge in [-0.3, -0.25) is 4.79 Å². The molecule has 3 nitrogen and oxygen atoms in total. The molecule has 0 aromatic carbocycles. The van der Waals surface area contributed by atoms with E-state index in [0.717, 1.165) is 31.3 Å². The molecule has 22 heavy (non-hydrogen) atoms. The second-order valence-electron chi connectivity index (χ2n) is 8.12. The van der Waals surface area contributed by atoms with E-state index < -0.39 is 6.29 Å². The summed E-state index contributed by atoms with van der Waals surface area (Å²) in [6.45, 7) is 8.78. The van der Waals surface area contributed by atoms with Gasteiger partial charge in [0.2, 0.25) is 6.29 Å². The van der Waals surface area contributed by atoms with Crippen molar-refractivity contribution in [1.29, 1.82) is 0 Å². The van der Waals surface area contributed by atoms with Crippen molar-refractivity contribution < 1.29 is 14.3 Å². The minimum Gasteiger partial charge on any atom is -0.435 e. The first kappa shape index (κ1) is 16.0. The summed E-state index contributed by atoms with van der Waals surface area (Å²) in [5, 5.41) is 0. The fourth-order valence-electron chi connectivity index (χ4n) is 4.35. The van der Waals surface area contributed by atoms with E-state index in [9.17, 15) is 4.79 Å². The summed E-state index contributed by atoms with van der Waals surface area (Å²) in [6.07, 6.45) is 7.97. The first-order valence-corrected chi connectivity index (χ1v) is 8.96. The summed E-state index contributed by atoms with van der Waals surface area (Å²) < 4.78 is 11.7. The Kier molecular flexibility index (Phi) is 4.37. The topological polar surface area (TPSA) is 35.5 Å². The number of carbonyl (C=O) groups is 1. The van der Waals surface area contributed by atoms with Crippen molar-refractivity contribution >= 4 is 5.97 Å². The lowest BCUT2D eigenvalue weighted by Gasteiger charge is -2.58. The number of rotatable bonds is 7. The second-order valence-corrected chi connectivity index (χ2v) is 8.12. The van der Waals surface area contributed by atoms with Crippen LogP contribution in [0.4, 0.5) is 0 Å². The molecule has 4 unspecified atom stereocenters. The van der Waals surface area contributed by atoms with Gasteiger partial charge >= 0.3 is 5.97 Å². The molecule has 5 rings (SSSR count). The van der Waals surface area contributed by atoms with Crippen molar-refractivity contribution in [1.82, 2.24) is 0 Å². The van der Waals surface area contributed by atoms with Crippen LogP contribution >= 0.6 is 0 Å². The lowest BCUT2D eigenvalue weighted by molar-refractivity contribution is -0.205. The highest BCUT2D eigenvalue weighted by Gasteiger charge is 2.53. The highest BCUT2D eigenvalue weighted by Crippen LogP contribution is 2.62. The van der Waals surface area contributed by atoms with Crippen LogP contribution in [-0.2, 0) is 14.3 Å². The number of esters is 1. The molecule has 0 heterocycles. The third kappa shape index (κ3) is 2.84. The van der Waals surface area contributed by atoms with Crippen molar-refractivity contribution in [3.63, 3.8) is 0 Å². The van der Waals surface area contributed by atoms with Gasteiger partial charge in [-0.25, -0.2) is 0 Å². The third-order valence-corrected chi connectivity index (χ3v) is 5.99. The van der Waals surface area contributed by atoms with Crippen LogP contribution in [0.25, 0.3) is 0 Å². The maximum Gasteiger partial charge on any atom is 0.310 e. The van der Waals surface area contributed by atoms with E-state index in [-0.39, 0.29) is 17.8 Å². The Bertz CT molecular complexity index is 451. The molecule has 5 aliphatic carbocycles. The van der Waals surface area contributed by atoms with Crippen LogP contribution < -0.4 is 0 Å². The molecule has 5 aliphatic rings. The summed E-state index contributed by atoms with van der Waals surface area (Å²) in [5.74, 6) is 1.67. The average Bonchev–Trinajstić information content (AvgIpc) is 2.50. The molecule has 124 valence electrons. The fourth-order valence-corrected chi connectivity index (χ4v) is 4.35. The van der Waals surface area contributed by atoms with Crippen LogP contribution in [0.1, 0.15) is 59.8 Å². The van der Waals surface area contributed by atoms with E-state index >= 15 is 0 Å². The zero-order chi connectivity index (χ0) is 15.9. The predicted octanol–water partition coefficient (Wildman–Crippen LogP) is 4.32. The first-order chi connectivity index (χ1) is 10.4. The molecule has 0 amide bonds. The molecule has 3 heteroatoms. The Morgan fingerprint density at radius 1 is 1.32 bits per heavy atom.